The second-order valence-corrected chi connectivity index (χ2v) is 6.36. The lowest BCUT2D eigenvalue weighted by atomic mass is 10.2. The van der Waals surface area contributed by atoms with Crippen LogP contribution in [0, 0.1) is 11.6 Å². The Bertz CT molecular complexity index is 740. The van der Waals surface area contributed by atoms with E-state index in [0.29, 0.717) is 13.1 Å². The van der Waals surface area contributed by atoms with Crippen LogP contribution in [0.5, 0.6) is 5.75 Å². The lowest BCUT2D eigenvalue weighted by Gasteiger charge is -2.22. The Morgan fingerprint density at radius 2 is 1.81 bits per heavy atom. The molecular formula is C20H22F2N2O2. The van der Waals surface area contributed by atoms with Gasteiger partial charge in [0.05, 0.1) is 0 Å². The van der Waals surface area contributed by atoms with Crippen LogP contribution >= 0.6 is 0 Å². The van der Waals surface area contributed by atoms with Crippen LogP contribution in [0.25, 0.3) is 0 Å². The van der Waals surface area contributed by atoms with E-state index in [9.17, 15) is 13.6 Å². The Balaban J connectivity index is 1.49. The van der Waals surface area contributed by atoms with Gasteiger partial charge in [-0.1, -0.05) is 30.3 Å². The number of ether oxygens (including phenoxy) is 1. The minimum atomic E-state index is -0.803. The van der Waals surface area contributed by atoms with Crippen molar-refractivity contribution in [3.63, 3.8) is 0 Å². The third-order valence-corrected chi connectivity index (χ3v) is 4.44. The SMILES string of the molecule is O=C(COc1ccc(F)cc1F)N1CCCN(Cc2ccccc2)CC1. The van der Waals surface area contributed by atoms with Crippen molar-refractivity contribution < 1.29 is 18.3 Å². The number of benzene rings is 2. The first kappa shape index (κ1) is 18.3. The van der Waals surface area contributed by atoms with Gasteiger partial charge < -0.3 is 9.64 Å². The first-order chi connectivity index (χ1) is 12.6. The number of hydrogen-bond acceptors (Lipinski definition) is 3. The maximum absolute atomic E-state index is 13.6. The van der Waals surface area contributed by atoms with E-state index < -0.39 is 11.6 Å². The number of hydrogen-bond donors (Lipinski definition) is 0. The summed E-state index contributed by atoms with van der Waals surface area (Å²) in [4.78, 5) is 16.4. The highest BCUT2D eigenvalue weighted by Crippen LogP contribution is 2.18. The summed E-state index contributed by atoms with van der Waals surface area (Å²) in [5.74, 6) is -1.77. The zero-order valence-corrected chi connectivity index (χ0v) is 14.5. The average molecular weight is 360 g/mol. The first-order valence-electron chi connectivity index (χ1n) is 8.74. The molecule has 0 N–H and O–H groups in total. The highest BCUT2D eigenvalue weighted by Gasteiger charge is 2.20. The third kappa shape index (κ3) is 5.02. The minimum absolute atomic E-state index is 0.111. The van der Waals surface area contributed by atoms with Crippen LogP contribution in [0.2, 0.25) is 0 Å². The van der Waals surface area contributed by atoms with Crippen molar-refractivity contribution in [3.8, 4) is 5.75 Å². The molecule has 1 aliphatic heterocycles. The predicted octanol–water partition coefficient (Wildman–Crippen LogP) is 3.08. The average Bonchev–Trinajstić information content (AvgIpc) is 2.87. The van der Waals surface area contributed by atoms with Crippen LogP contribution in [-0.2, 0) is 11.3 Å². The topological polar surface area (TPSA) is 32.8 Å². The van der Waals surface area contributed by atoms with E-state index in [2.05, 4.69) is 17.0 Å². The second kappa shape index (κ2) is 8.76. The number of rotatable bonds is 5. The third-order valence-electron chi connectivity index (χ3n) is 4.44. The van der Waals surface area contributed by atoms with Crippen LogP contribution in [0.4, 0.5) is 8.78 Å². The molecule has 6 heteroatoms. The van der Waals surface area contributed by atoms with E-state index in [-0.39, 0.29) is 18.3 Å². The van der Waals surface area contributed by atoms with Crippen LogP contribution < -0.4 is 4.74 Å². The van der Waals surface area contributed by atoms with Crippen molar-refractivity contribution in [2.45, 2.75) is 13.0 Å². The standard InChI is InChI=1S/C20H22F2N2O2/c21-17-7-8-19(18(22)13-17)26-15-20(25)24-10-4-9-23(11-12-24)14-16-5-2-1-3-6-16/h1-3,5-8,13H,4,9-12,14-15H2. The zero-order chi connectivity index (χ0) is 18.4. The van der Waals surface area contributed by atoms with Crippen molar-refractivity contribution in [3.05, 3.63) is 65.7 Å². The monoisotopic (exact) mass is 360 g/mol. The molecule has 4 nitrogen and oxygen atoms in total. The fraction of sp³-hybridized carbons (Fsp3) is 0.350. The van der Waals surface area contributed by atoms with E-state index in [0.717, 1.165) is 38.2 Å². The van der Waals surface area contributed by atoms with Gasteiger partial charge in [0.15, 0.2) is 18.2 Å². The molecule has 1 amide bonds. The lowest BCUT2D eigenvalue weighted by Crippen LogP contribution is -2.38. The maximum Gasteiger partial charge on any atom is 0.260 e. The van der Waals surface area contributed by atoms with E-state index in [1.807, 2.05) is 18.2 Å². The van der Waals surface area contributed by atoms with Crippen molar-refractivity contribution in [2.75, 3.05) is 32.8 Å². The van der Waals surface area contributed by atoms with Gasteiger partial charge >= 0.3 is 0 Å². The van der Waals surface area contributed by atoms with Gasteiger partial charge in [0.2, 0.25) is 0 Å². The summed E-state index contributed by atoms with van der Waals surface area (Å²) in [6, 6.07) is 13.3. The molecule has 1 aliphatic rings. The zero-order valence-electron chi connectivity index (χ0n) is 14.5. The molecule has 0 radical (unpaired) electrons. The van der Waals surface area contributed by atoms with Gasteiger partial charge in [0.1, 0.15) is 5.82 Å². The molecule has 0 bridgehead atoms. The summed E-state index contributed by atoms with van der Waals surface area (Å²) >= 11 is 0. The van der Waals surface area contributed by atoms with Crippen molar-refractivity contribution in [1.29, 1.82) is 0 Å². The van der Waals surface area contributed by atoms with Crippen LogP contribution in [0.3, 0.4) is 0 Å². The largest absolute Gasteiger partial charge is 0.481 e. The molecule has 138 valence electrons. The van der Waals surface area contributed by atoms with Gasteiger partial charge in [-0.3, -0.25) is 9.69 Å². The Labute approximate surface area is 152 Å². The lowest BCUT2D eigenvalue weighted by molar-refractivity contribution is -0.133. The number of carbonyl (C=O) groups is 1. The summed E-state index contributed by atoms with van der Waals surface area (Å²) < 4.78 is 31.7. The molecule has 2 aromatic carbocycles. The van der Waals surface area contributed by atoms with Crippen molar-refractivity contribution in [1.82, 2.24) is 9.80 Å². The van der Waals surface area contributed by atoms with Gasteiger partial charge in [-0.2, -0.15) is 0 Å². The smallest absolute Gasteiger partial charge is 0.260 e. The molecule has 0 saturated carbocycles. The van der Waals surface area contributed by atoms with Gasteiger partial charge in [-0.05, 0) is 24.1 Å². The molecule has 0 aromatic heterocycles. The summed E-state index contributed by atoms with van der Waals surface area (Å²) in [6.07, 6.45) is 0.878. The molecule has 1 saturated heterocycles. The first-order valence-corrected chi connectivity index (χ1v) is 8.74. The molecule has 1 heterocycles. The van der Waals surface area contributed by atoms with Crippen molar-refractivity contribution >= 4 is 5.91 Å². The van der Waals surface area contributed by atoms with Gasteiger partial charge in [-0.25, -0.2) is 8.78 Å². The van der Waals surface area contributed by atoms with E-state index in [4.69, 9.17) is 4.74 Å². The summed E-state index contributed by atoms with van der Waals surface area (Å²) in [6.45, 7) is 3.58. The molecular weight excluding hydrogens is 338 g/mol. The molecule has 0 aliphatic carbocycles. The normalized spacial score (nSPS) is 15.5. The van der Waals surface area contributed by atoms with Gasteiger partial charge in [-0.15, -0.1) is 0 Å². The van der Waals surface area contributed by atoms with Crippen LogP contribution in [0.15, 0.2) is 48.5 Å². The predicted molar refractivity (Wildman–Crippen MR) is 94.8 cm³/mol. The van der Waals surface area contributed by atoms with Gasteiger partial charge in [0.25, 0.3) is 5.91 Å². The molecule has 26 heavy (non-hydrogen) atoms. The highest BCUT2D eigenvalue weighted by atomic mass is 19.1. The van der Waals surface area contributed by atoms with Crippen LogP contribution in [0.1, 0.15) is 12.0 Å². The molecule has 2 aromatic rings. The molecule has 0 unspecified atom stereocenters. The molecule has 3 rings (SSSR count). The fourth-order valence-electron chi connectivity index (χ4n) is 3.04. The number of halogens is 2. The van der Waals surface area contributed by atoms with Gasteiger partial charge in [0, 0.05) is 38.8 Å². The quantitative estimate of drug-likeness (QED) is 0.822. The van der Waals surface area contributed by atoms with E-state index >= 15 is 0 Å². The Morgan fingerprint density at radius 3 is 2.58 bits per heavy atom. The summed E-state index contributed by atoms with van der Waals surface area (Å²) in [5.41, 5.74) is 1.25. The summed E-state index contributed by atoms with van der Waals surface area (Å²) in [7, 11) is 0. The van der Waals surface area contributed by atoms with E-state index in [1.165, 1.54) is 11.6 Å². The highest BCUT2D eigenvalue weighted by molar-refractivity contribution is 5.77. The Hall–Kier alpha value is -2.47. The number of amides is 1. The molecule has 0 atom stereocenters. The minimum Gasteiger partial charge on any atom is -0.481 e. The second-order valence-electron chi connectivity index (χ2n) is 6.36. The van der Waals surface area contributed by atoms with Crippen LogP contribution in [-0.4, -0.2) is 48.5 Å². The van der Waals surface area contributed by atoms with E-state index in [1.54, 1.807) is 4.90 Å². The molecule has 1 fully saturated rings. The number of carbonyl (C=O) groups excluding carboxylic acids is 1. The fourth-order valence-corrected chi connectivity index (χ4v) is 3.04. The maximum atomic E-state index is 13.6. The molecule has 0 spiro atoms. The Kier molecular flexibility index (Phi) is 6.17. The van der Waals surface area contributed by atoms with Crippen molar-refractivity contribution in [2.24, 2.45) is 0 Å². The summed E-state index contributed by atoms with van der Waals surface area (Å²) in [5, 5.41) is 0. The number of nitrogens with zero attached hydrogens (tertiary/aromatic N) is 2. The Morgan fingerprint density at radius 1 is 1.00 bits per heavy atom.